The second-order valence-electron chi connectivity index (χ2n) is 6.18. The molecule has 1 aliphatic rings. The zero-order valence-electron chi connectivity index (χ0n) is 12.7. The Morgan fingerprint density at radius 2 is 1.95 bits per heavy atom. The maximum atomic E-state index is 5.96. The highest BCUT2D eigenvalue weighted by Crippen LogP contribution is 2.20. The molecule has 1 atom stereocenters. The average molecular weight is 303 g/mol. The van der Waals surface area contributed by atoms with Crippen LogP contribution in [0.1, 0.15) is 45.3 Å². The predicted octanol–water partition coefficient (Wildman–Crippen LogP) is 2.25. The lowest BCUT2D eigenvalue weighted by Crippen LogP contribution is -2.39. The summed E-state index contributed by atoms with van der Waals surface area (Å²) in [5, 5.41) is 4.03. The van der Waals surface area contributed by atoms with Crippen LogP contribution in [0.4, 0.5) is 0 Å². The van der Waals surface area contributed by atoms with Crippen molar-refractivity contribution in [2.24, 2.45) is 17.6 Å². The zero-order chi connectivity index (χ0) is 13.8. The van der Waals surface area contributed by atoms with Crippen molar-refractivity contribution in [2.45, 2.75) is 52.6 Å². The lowest BCUT2D eigenvalue weighted by molar-refractivity contribution is 0.149. The Morgan fingerprint density at radius 3 is 2.50 bits per heavy atom. The number of likely N-dealkylation sites (tertiary alicyclic amines) is 1. The first-order valence-electron chi connectivity index (χ1n) is 7.34. The molecule has 0 bridgehead atoms. The molecule has 6 heteroatoms. The summed E-state index contributed by atoms with van der Waals surface area (Å²) >= 11 is 0. The van der Waals surface area contributed by atoms with Gasteiger partial charge in [0.1, 0.15) is 0 Å². The predicted molar refractivity (Wildman–Crippen MR) is 81.7 cm³/mol. The fourth-order valence-electron chi connectivity index (χ4n) is 2.63. The molecule has 0 radical (unpaired) electrons. The zero-order valence-corrected chi connectivity index (χ0v) is 13.5. The first kappa shape index (κ1) is 17.4. The van der Waals surface area contributed by atoms with E-state index in [4.69, 9.17) is 10.3 Å². The summed E-state index contributed by atoms with van der Waals surface area (Å²) < 4.78 is 5.32. The van der Waals surface area contributed by atoms with Gasteiger partial charge in [0, 0.05) is 12.5 Å². The van der Waals surface area contributed by atoms with Gasteiger partial charge in [-0.3, -0.25) is 4.90 Å². The summed E-state index contributed by atoms with van der Waals surface area (Å²) in [6, 6.07) is 0.309. The molecule has 5 nitrogen and oxygen atoms in total. The van der Waals surface area contributed by atoms with E-state index in [9.17, 15) is 0 Å². The van der Waals surface area contributed by atoms with E-state index >= 15 is 0 Å². The molecule has 0 amide bonds. The number of nitrogens with zero attached hydrogens (tertiary/aromatic N) is 3. The normalized spacial score (nSPS) is 19.1. The first-order valence-corrected chi connectivity index (χ1v) is 7.34. The van der Waals surface area contributed by atoms with Gasteiger partial charge >= 0.3 is 0 Å². The van der Waals surface area contributed by atoms with E-state index in [2.05, 4.69) is 35.8 Å². The lowest BCUT2D eigenvalue weighted by Gasteiger charge is -2.32. The lowest BCUT2D eigenvalue weighted by atomic mass is 9.91. The minimum Gasteiger partial charge on any atom is -0.338 e. The number of aromatic nitrogens is 2. The van der Waals surface area contributed by atoms with Gasteiger partial charge in [-0.15, -0.1) is 12.4 Å². The van der Waals surface area contributed by atoms with Gasteiger partial charge in [-0.25, -0.2) is 0 Å². The fraction of sp³-hybridized carbons (Fsp3) is 0.857. The van der Waals surface area contributed by atoms with Crippen LogP contribution in [0, 0.1) is 11.8 Å². The van der Waals surface area contributed by atoms with Crippen LogP contribution in [-0.2, 0) is 13.0 Å². The van der Waals surface area contributed by atoms with Gasteiger partial charge in [0.2, 0.25) is 5.89 Å². The molecule has 0 spiro atoms. The van der Waals surface area contributed by atoms with E-state index in [-0.39, 0.29) is 12.4 Å². The van der Waals surface area contributed by atoms with E-state index in [1.165, 1.54) is 12.8 Å². The second kappa shape index (κ2) is 7.96. The van der Waals surface area contributed by atoms with Crippen molar-refractivity contribution in [2.75, 3.05) is 13.1 Å². The highest BCUT2D eigenvalue weighted by molar-refractivity contribution is 5.85. The van der Waals surface area contributed by atoms with E-state index < -0.39 is 0 Å². The molecule has 2 heterocycles. The third kappa shape index (κ3) is 5.04. The monoisotopic (exact) mass is 302 g/mol. The largest absolute Gasteiger partial charge is 0.338 e. The summed E-state index contributed by atoms with van der Waals surface area (Å²) in [6.45, 7) is 9.36. The van der Waals surface area contributed by atoms with Crippen molar-refractivity contribution >= 4 is 12.4 Å². The maximum Gasteiger partial charge on any atom is 0.240 e. The number of halogens is 1. The van der Waals surface area contributed by atoms with Gasteiger partial charge in [-0.05, 0) is 44.7 Å². The van der Waals surface area contributed by atoms with Crippen molar-refractivity contribution in [1.82, 2.24) is 15.0 Å². The Morgan fingerprint density at radius 1 is 1.30 bits per heavy atom. The molecule has 0 aromatic carbocycles. The molecule has 20 heavy (non-hydrogen) atoms. The van der Waals surface area contributed by atoms with Crippen LogP contribution < -0.4 is 5.73 Å². The summed E-state index contributed by atoms with van der Waals surface area (Å²) in [7, 11) is 0. The van der Waals surface area contributed by atoms with Crippen molar-refractivity contribution < 1.29 is 4.52 Å². The smallest absolute Gasteiger partial charge is 0.240 e. The summed E-state index contributed by atoms with van der Waals surface area (Å²) in [5.74, 6) is 2.80. The summed E-state index contributed by atoms with van der Waals surface area (Å²) in [4.78, 5) is 6.84. The van der Waals surface area contributed by atoms with Crippen molar-refractivity contribution in [3.05, 3.63) is 11.7 Å². The Bertz CT molecular complexity index is 386. The number of hydrogen-bond donors (Lipinski definition) is 1. The third-order valence-corrected chi connectivity index (χ3v) is 3.84. The SMILES string of the molecule is CC(C)Cc1noc(CN2CCC(C(C)N)CC2)n1.Cl. The molecule has 1 fully saturated rings. The average Bonchev–Trinajstić information content (AvgIpc) is 2.76. The molecule has 1 aromatic heterocycles. The summed E-state index contributed by atoms with van der Waals surface area (Å²) in [5.41, 5.74) is 5.96. The number of piperidine rings is 1. The molecule has 2 rings (SSSR count). The molecule has 0 aliphatic carbocycles. The molecular weight excluding hydrogens is 276 g/mol. The van der Waals surface area contributed by atoms with E-state index in [0.717, 1.165) is 37.8 Å². The number of hydrogen-bond acceptors (Lipinski definition) is 5. The topological polar surface area (TPSA) is 68.2 Å². The molecule has 2 N–H and O–H groups in total. The molecule has 1 saturated heterocycles. The van der Waals surface area contributed by atoms with Crippen LogP contribution in [-0.4, -0.2) is 34.2 Å². The highest BCUT2D eigenvalue weighted by atomic mass is 35.5. The highest BCUT2D eigenvalue weighted by Gasteiger charge is 2.23. The molecule has 1 unspecified atom stereocenters. The van der Waals surface area contributed by atoms with E-state index in [0.29, 0.717) is 17.9 Å². The van der Waals surface area contributed by atoms with Crippen LogP contribution in [0.3, 0.4) is 0 Å². The van der Waals surface area contributed by atoms with Crippen molar-refractivity contribution in [3.63, 3.8) is 0 Å². The van der Waals surface area contributed by atoms with Gasteiger partial charge in [0.05, 0.1) is 6.54 Å². The maximum absolute atomic E-state index is 5.96. The molecule has 1 aromatic rings. The molecule has 1 aliphatic heterocycles. The number of rotatable bonds is 5. The molecule has 116 valence electrons. The van der Waals surface area contributed by atoms with Crippen LogP contribution in [0.5, 0.6) is 0 Å². The second-order valence-corrected chi connectivity index (χ2v) is 6.18. The van der Waals surface area contributed by atoms with Crippen LogP contribution >= 0.6 is 12.4 Å². The quantitative estimate of drug-likeness (QED) is 0.903. The van der Waals surface area contributed by atoms with Crippen molar-refractivity contribution in [1.29, 1.82) is 0 Å². The summed E-state index contributed by atoms with van der Waals surface area (Å²) in [6.07, 6.45) is 3.23. The van der Waals surface area contributed by atoms with Gasteiger partial charge in [0.15, 0.2) is 5.82 Å². The van der Waals surface area contributed by atoms with Gasteiger partial charge in [-0.1, -0.05) is 19.0 Å². The Balaban J connectivity index is 0.00000200. The number of nitrogens with two attached hydrogens (primary N) is 1. The van der Waals surface area contributed by atoms with Gasteiger partial charge in [0.25, 0.3) is 0 Å². The first-order chi connectivity index (χ1) is 9.04. The van der Waals surface area contributed by atoms with Crippen molar-refractivity contribution in [3.8, 4) is 0 Å². The van der Waals surface area contributed by atoms with E-state index in [1.54, 1.807) is 0 Å². The third-order valence-electron chi connectivity index (χ3n) is 3.84. The minimum absolute atomic E-state index is 0. The Kier molecular flexibility index (Phi) is 6.92. The standard InChI is InChI=1S/C14H26N4O.ClH/c1-10(2)8-13-16-14(19-17-13)9-18-6-4-12(5-7-18)11(3)15;/h10-12H,4-9,15H2,1-3H3;1H. The minimum atomic E-state index is 0. The Labute approximate surface area is 127 Å². The fourth-order valence-corrected chi connectivity index (χ4v) is 2.63. The Hall–Kier alpha value is -0.650. The van der Waals surface area contributed by atoms with Crippen LogP contribution in [0.25, 0.3) is 0 Å². The molecule has 0 saturated carbocycles. The molecular formula is C14H27ClN4O. The van der Waals surface area contributed by atoms with Gasteiger partial charge in [-0.2, -0.15) is 4.98 Å². The van der Waals surface area contributed by atoms with Crippen LogP contribution in [0.15, 0.2) is 4.52 Å². The van der Waals surface area contributed by atoms with E-state index in [1.807, 2.05) is 0 Å². The van der Waals surface area contributed by atoms with Crippen LogP contribution in [0.2, 0.25) is 0 Å². The van der Waals surface area contributed by atoms with Gasteiger partial charge < -0.3 is 10.3 Å².